The summed E-state index contributed by atoms with van der Waals surface area (Å²) in [6.07, 6.45) is 5.88. The Morgan fingerprint density at radius 1 is 1.37 bits per heavy atom. The Kier molecular flexibility index (Phi) is 5.03. The Morgan fingerprint density at radius 2 is 2.21 bits per heavy atom. The van der Waals surface area contributed by atoms with Gasteiger partial charge in [0.05, 0.1) is 25.0 Å². The molecule has 2 rings (SSSR count). The average Bonchev–Trinajstić information content (AvgIpc) is 3.09. The molecule has 0 spiro atoms. The highest BCUT2D eigenvalue weighted by Crippen LogP contribution is 2.07. The van der Waals surface area contributed by atoms with Gasteiger partial charge in [-0.25, -0.2) is 0 Å². The van der Waals surface area contributed by atoms with Crippen LogP contribution >= 0.6 is 0 Å². The minimum Gasteiger partial charge on any atom is -0.377 e. The minimum atomic E-state index is 0.800. The van der Waals surface area contributed by atoms with Crippen molar-refractivity contribution in [3.63, 3.8) is 0 Å². The summed E-state index contributed by atoms with van der Waals surface area (Å²) in [7, 11) is 0. The number of aromatic amines is 1. The molecule has 5 heteroatoms. The molecule has 0 aromatic carbocycles. The molecule has 104 valence electrons. The third-order valence-corrected chi connectivity index (χ3v) is 3.32. The van der Waals surface area contributed by atoms with Crippen LogP contribution in [0.1, 0.15) is 19.5 Å². The summed E-state index contributed by atoms with van der Waals surface area (Å²) >= 11 is 0. The smallest absolute Gasteiger partial charge is 0.0729 e. The number of likely N-dealkylation sites (N-methyl/N-ethyl adjacent to an activating group) is 1. The van der Waals surface area contributed by atoms with E-state index in [0.29, 0.717) is 0 Å². The molecule has 0 aliphatic heterocycles. The van der Waals surface area contributed by atoms with Crippen LogP contribution in [0.4, 0.5) is 5.69 Å². The molecule has 5 nitrogen and oxygen atoms in total. The van der Waals surface area contributed by atoms with Crippen LogP contribution in [-0.2, 0) is 13.1 Å². The summed E-state index contributed by atoms with van der Waals surface area (Å²) in [6, 6.07) is 4.07. The van der Waals surface area contributed by atoms with Crippen LogP contribution in [-0.4, -0.2) is 39.3 Å². The number of hydrogen-bond acceptors (Lipinski definition) is 3. The van der Waals surface area contributed by atoms with E-state index in [9.17, 15) is 0 Å². The largest absolute Gasteiger partial charge is 0.377 e. The van der Waals surface area contributed by atoms with Gasteiger partial charge in [0.15, 0.2) is 0 Å². The lowest BCUT2D eigenvalue weighted by Gasteiger charge is -2.17. The van der Waals surface area contributed by atoms with Gasteiger partial charge in [0.1, 0.15) is 0 Å². The molecule has 2 heterocycles. The zero-order chi connectivity index (χ0) is 13.5. The number of anilines is 1. The van der Waals surface area contributed by atoms with Gasteiger partial charge in [0.25, 0.3) is 0 Å². The lowest BCUT2D eigenvalue weighted by Crippen LogP contribution is -2.27. The Bertz CT molecular complexity index is 456. The van der Waals surface area contributed by atoms with Gasteiger partial charge in [-0.3, -0.25) is 4.68 Å². The maximum atomic E-state index is 4.37. The van der Waals surface area contributed by atoms with Crippen LogP contribution in [0, 0.1) is 0 Å². The zero-order valence-corrected chi connectivity index (χ0v) is 11.8. The molecule has 0 saturated heterocycles. The molecule has 0 bridgehead atoms. The van der Waals surface area contributed by atoms with E-state index in [4.69, 9.17) is 0 Å². The molecular formula is C14H23N5. The molecule has 0 amide bonds. The van der Waals surface area contributed by atoms with Crippen molar-refractivity contribution in [2.24, 2.45) is 0 Å². The highest BCUT2D eigenvalue weighted by atomic mass is 15.3. The van der Waals surface area contributed by atoms with Crippen molar-refractivity contribution >= 4 is 5.69 Å². The number of rotatable bonds is 8. The Hall–Kier alpha value is -1.75. The zero-order valence-electron chi connectivity index (χ0n) is 11.8. The molecule has 0 atom stereocenters. The van der Waals surface area contributed by atoms with Crippen molar-refractivity contribution in [1.82, 2.24) is 19.7 Å². The molecule has 0 saturated carbocycles. The van der Waals surface area contributed by atoms with Crippen LogP contribution in [0.25, 0.3) is 0 Å². The van der Waals surface area contributed by atoms with Crippen LogP contribution < -0.4 is 5.32 Å². The van der Waals surface area contributed by atoms with E-state index in [1.54, 1.807) is 0 Å². The first-order valence-electron chi connectivity index (χ1n) is 6.92. The summed E-state index contributed by atoms with van der Waals surface area (Å²) in [5.74, 6) is 0. The van der Waals surface area contributed by atoms with Gasteiger partial charge in [-0.2, -0.15) is 5.10 Å². The molecular weight excluding hydrogens is 238 g/mol. The number of aromatic nitrogens is 3. The van der Waals surface area contributed by atoms with Gasteiger partial charge in [0.2, 0.25) is 0 Å². The lowest BCUT2D eigenvalue weighted by molar-refractivity contribution is 0.285. The van der Waals surface area contributed by atoms with E-state index in [-0.39, 0.29) is 0 Å². The minimum absolute atomic E-state index is 0.800. The highest BCUT2D eigenvalue weighted by molar-refractivity contribution is 5.38. The molecule has 2 aromatic rings. The fraction of sp³-hybridized carbons (Fsp3) is 0.500. The second-order valence-corrected chi connectivity index (χ2v) is 4.57. The molecule has 19 heavy (non-hydrogen) atoms. The predicted molar refractivity (Wildman–Crippen MR) is 78.1 cm³/mol. The van der Waals surface area contributed by atoms with Crippen molar-refractivity contribution in [2.45, 2.75) is 26.9 Å². The van der Waals surface area contributed by atoms with E-state index in [0.717, 1.165) is 38.4 Å². The summed E-state index contributed by atoms with van der Waals surface area (Å²) in [4.78, 5) is 5.57. The fourth-order valence-corrected chi connectivity index (χ4v) is 2.04. The third kappa shape index (κ3) is 4.13. The number of nitrogens with zero attached hydrogens (tertiary/aromatic N) is 3. The van der Waals surface area contributed by atoms with Crippen molar-refractivity contribution in [3.8, 4) is 0 Å². The highest BCUT2D eigenvalue weighted by Gasteiger charge is 2.02. The normalized spacial score (nSPS) is 11.1. The first-order chi connectivity index (χ1) is 9.31. The van der Waals surface area contributed by atoms with Crippen molar-refractivity contribution in [3.05, 3.63) is 36.4 Å². The number of H-pyrrole nitrogens is 1. The van der Waals surface area contributed by atoms with Gasteiger partial charge < -0.3 is 15.2 Å². The molecule has 2 aromatic heterocycles. The summed E-state index contributed by atoms with van der Waals surface area (Å²) < 4.78 is 2.00. The Labute approximate surface area is 114 Å². The topological polar surface area (TPSA) is 48.9 Å². The van der Waals surface area contributed by atoms with Gasteiger partial charge in [-0.15, -0.1) is 0 Å². The first kappa shape index (κ1) is 13.7. The molecule has 0 fully saturated rings. The van der Waals surface area contributed by atoms with Crippen LogP contribution in [0.15, 0.2) is 30.7 Å². The molecule has 0 radical (unpaired) electrons. The summed E-state index contributed by atoms with van der Waals surface area (Å²) in [5, 5.41) is 7.73. The van der Waals surface area contributed by atoms with Crippen LogP contribution in [0.2, 0.25) is 0 Å². The van der Waals surface area contributed by atoms with Crippen molar-refractivity contribution < 1.29 is 0 Å². The first-order valence-corrected chi connectivity index (χ1v) is 6.92. The molecule has 0 aliphatic carbocycles. The molecule has 0 aliphatic rings. The fourth-order valence-electron chi connectivity index (χ4n) is 2.04. The van der Waals surface area contributed by atoms with Gasteiger partial charge in [-0.05, 0) is 25.2 Å². The van der Waals surface area contributed by atoms with Crippen molar-refractivity contribution in [2.75, 3.05) is 25.0 Å². The second-order valence-electron chi connectivity index (χ2n) is 4.57. The van der Waals surface area contributed by atoms with E-state index >= 15 is 0 Å². The van der Waals surface area contributed by atoms with Crippen LogP contribution in [0.3, 0.4) is 0 Å². The van der Waals surface area contributed by atoms with Crippen molar-refractivity contribution in [1.29, 1.82) is 0 Å². The Morgan fingerprint density at radius 3 is 2.89 bits per heavy atom. The van der Waals surface area contributed by atoms with Crippen LogP contribution in [0.5, 0.6) is 0 Å². The van der Waals surface area contributed by atoms with Gasteiger partial charge in [0, 0.05) is 24.6 Å². The van der Waals surface area contributed by atoms with E-state index in [2.05, 4.69) is 46.4 Å². The van der Waals surface area contributed by atoms with E-state index in [1.807, 2.05) is 23.1 Å². The third-order valence-electron chi connectivity index (χ3n) is 3.32. The number of hydrogen-bond donors (Lipinski definition) is 2. The number of nitrogens with one attached hydrogen (secondary N) is 2. The average molecular weight is 261 g/mol. The van der Waals surface area contributed by atoms with Gasteiger partial charge >= 0.3 is 0 Å². The maximum Gasteiger partial charge on any atom is 0.0729 e. The quantitative estimate of drug-likeness (QED) is 0.765. The summed E-state index contributed by atoms with van der Waals surface area (Å²) in [6.45, 7) is 9.35. The van der Waals surface area contributed by atoms with E-state index in [1.165, 1.54) is 5.69 Å². The van der Waals surface area contributed by atoms with Gasteiger partial charge in [-0.1, -0.05) is 13.8 Å². The maximum absolute atomic E-state index is 4.37. The SMILES string of the molecule is CCN(CC)CCn1cc(NCc2ccc[nH]2)cn1. The molecule has 0 unspecified atom stereocenters. The summed E-state index contributed by atoms with van der Waals surface area (Å²) in [5.41, 5.74) is 2.24. The standard InChI is InChI=1S/C14H23N5/c1-3-18(4-2)8-9-19-12-14(11-17-19)16-10-13-6-5-7-15-13/h5-7,11-12,15-16H,3-4,8-10H2,1-2H3. The Balaban J connectivity index is 1.78. The van der Waals surface area contributed by atoms with E-state index < -0.39 is 0 Å². The predicted octanol–water partition coefficient (Wildman–Crippen LogP) is 2.17. The molecule has 2 N–H and O–H groups in total. The second kappa shape index (κ2) is 6.99. The lowest BCUT2D eigenvalue weighted by atomic mass is 10.4. The monoisotopic (exact) mass is 261 g/mol.